The van der Waals surface area contributed by atoms with Crippen LogP contribution in [0.25, 0.3) is 0 Å². The first-order valence-electron chi connectivity index (χ1n) is 9.08. The molecule has 0 aromatic heterocycles. The van der Waals surface area contributed by atoms with E-state index in [2.05, 4.69) is 4.90 Å². The summed E-state index contributed by atoms with van der Waals surface area (Å²) in [7, 11) is -1.69. The van der Waals surface area contributed by atoms with Crippen LogP contribution in [-0.2, 0) is 14.6 Å². The fraction of sp³-hybridized carbons (Fsp3) is 0.632. The van der Waals surface area contributed by atoms with Crippen LogP contribution in [0.15, 0.2) is 23.1 Å². The zero-order valence-corrected chi connectivity index (χ0v) is 16.2. The second kappa shape index (κ2) is 6.72. The Morgan fingerprint density at radius 1 is 1.04 bits per heavy atom. The van der Waals surface area contributed by atoms with Gasteiger partial charge in [-0.25, -0.2) is 8.42 Å². The van der Waals surface area contributed by atoms with Gasteiger partial charge in [0.25, 0.3) is 0 Å². The van der Waals surface area contributed by atoms with E-state index in [1.54, 1.807) is 11.0 Å². The van der Waals surface area contributed by atoms with Gasteiger partial charge in [0.05, 0.1) is 4.90 Å². The number of nitrogens with zero attached hydrogens (tertiary/aromatic N) is 2. The number of hydrogen-bond acceptors (Lipinski definition) is 4. The topological polar surface area (TPSA) is 57.7 Å². The third-order valence-electron chi connectivity index (χ3n) is 5.74. The second-order valence-electron chi connectivity index (χ2n) is 7.57. The summed E-state index contributed by atoms with van der Waals surface area (Å²) in [5.41, 5.74) is 1.63. The zero-order chi connectivity index (χ0) is 18.2. The monoisotopic (exact) mass is 364 g/mol. The molecule has 1 aliphatic heterocycles. The molecule has 1 heterocycles. The van der Waals surface area contributed by atoms with E-state index in [1.807, 2.05) is 33.0 Å². The van der Waals surface area contributed by atoms with Crippen molar-refractivity contribution in [1.82, 2.24) is 9.80 Å². The first-order valence-corrected chi connectivity index (χ1v) is 10.6. The van der Waals surface area contributed by atoms with Gasteiger partial charge in [0.15, 0.2) is 14.6 Å². The molecule has 3 rings (SSSR count). The molecule has 25 heavy (non-hydrogen) atoms. The third-order valence-corrected chi connectivity index (χ3v) is 8.37. The molecule has 2 fully saturated rings. The summed E-state index contributed by atoms with van der Waals surface area (Å²) in [4.78, 5) is 17.6. The van der Waals surface area contributed by atoms with Crippen LogP contribution in [0.5, 0.6) is 0 Å². The number of aryl methyl sites for hydroxylation is 2. The van der Waals surface area contributed by atoms with Crippen molar-refractivity contribution in [3.8, 4) is 0 Å². The van der Waals surface area contributed by atoms with Crippen LogP contribution in [0.3, 0.4) is 0 Å². The molecule has 0 spiro atoms. The van der Waals surface area contributed by atoms with E-state index < -0.39 is 14.6 Å². The van der Waals surface area contributed by atoms with Gasteiger partial charge in [-0.1, -0.05) is 25.0 Å². The van der Waals surface area contributed by atoms with Gasteiger partial charge >= 0.3 is 0 Å². The smallest absolute Gasteiger partial charge is 0.244 e. The molecule has 1 amide bonds. The number of benzene rings is 1. The van der Waals surface area contributed by atoms with Crippen LogP contribution in [-0.4, -0.2) is 62.1 Å². The molecule has 1 aromatic rings. The highest BCUT2D eigenvalue weighted by molar-refractivity contribution is 7.93. The highest BCUT2D eigenvalue weighted by atomic mass is 32.2. The Bertz CT molecular complexity index is 759. The molecule has 1 saturated carbocycles. The fourth-order valence-corrected chi connectivity index (χ4v) is 6.49. The van der Waals surface area contributed by atoms with Crippen molar-refractivity contribution in [3.63, 3.8) is 0 Å². The molecule has 0 unspecified atom stereocenters. The summed E-state index contributed by atoms with van der Waals surface area (Å²) in [6.07, 6.45) is 2.47. The van der Waals surface area contributed by atoms with Gasteiger partial charge < -0.3 is 9.80 Å². The van der Waals surface area contributed by atoms with Gasteiger partial charge in [-0.15, -0.1) is 0 Å². The van der Waals surface area contributed by atoms with Crippen molar-refractivity contribution in [2.24, 2.45) is 0 Å². The molecule has 1 aromatic carbocycles. The number of amides is 1. The Morgan fingerprint density at radius 2 is 1.64 bits per heavy atom. The Hall–Kier alpha value is -1.40. The van der Waals surface area contributed by atoms with Crippen LogP contribution < -0.4 is 0 Å². The molecule has 1 saturated heterocycles. The van der Waals surface area contributed by atoms with Gasteiger partial charge in [0.1, 0.15) is 0 Å². The predicted molar refractivity (Wildman–Crippen MR) is 98.4 cm³/mol. The highest BCUT2D eigenvalue weighted by Gasteiger charge is 2.54. The Balaban J connectivity index is 2.02. The molecule has 0 bridgehead atoms. The van der Waals surface area contributed by atoms with Crippen LogP contribution in [0.2, 0.25) is 0 Å². The van der Waals surface area contributed by atoms with E-state index in [9.17, 15) is 13.2 Å². The van der Waals surface area contributed by atoms with E-state index in [0.717, 1.165) is 37.1 Å². The maximum absolute atomic E-state index is 13.6. The third kappa shape index (κ3) is 3.10. The second-order valence-corrected chi connectivity index (χ2v) is 9.80. The van der Waals surface area contributed by atoms with Crippen molar-refractivity contribution in [1.29, 1.82) is 0 Å². The molecule has 0 atom stereocenters. The van der Waals surface area contributed by atoms with Crippen molar-refractivity contribution >= 4 is 15.7 Å². The molecule has 2 aliphatic rings. The average molecular weight is 365 g/mol. The number of rotatable bonds is 3. The predicted octanol–water partition coefficient (Wildman–Crippen LogP) is 2.16. The van der Waals surface area contributed by atoms with E-state index in [1.165, 1.54) is 0 Å². The number of hydrogen-bond donors (Lipinski definition) is 0. The lowest BCUT2D eigenvalue weighted by molar-refractivity contribution is -0.135. The zero-order valence-electron chi connectivity index (χ0n) is 15.4. The minimum absolute atomic E-state index is 0.181. The maximum atomic E-state index is 13.6. The Kier molecular flexibility index (Phi) is 4.95. The van der Waals surface area contributed by atoms with Crippen LogP contribution in [0, 0.1) is 13.8 Å². The summed E-state index contributed by atoms with van der Waals surface area (Å²) in [6, 6.07) is 5.48. The maximum Gasteiger partial charge on any atom is 0.244 e. The molecule has 5 nitrogen and oxygen atoms in total. The van der Waals surface area contributed by atoms with Crippen LogP contribution >= 0.6 is 0 Å². The van der Waals surface area contributed by atoms with E-state index >= 15 is 0 Å². The lowest BCUT2D eigenvalue weighted by Crippen LogP contribution is -2.57. The highest BCUT2D eigenvalue weighted by Crippen LogP contribution is 2.43. The first-order chi connectivity index (χ1) is 11.8. The standard InChI is InChI=1S/C19H28N2O3S/c1-15-6-7-16(2)17(14-15)25(23,24)19(8-4-5-9-19)18(22)21-12-10-20(3)11-13-21/h6-7,14H,4-5,8-13H2,1-3H3. The normalized spacial score (nSPS) is 21.5. The van der Waals surface area contributed by atoms with Crippen molar-refractivity contribution in [2.45, 2.75) is 49.2 Å². The van der Waals surface area contributed by atoms with Crippen LogP contribution in [0.1, 0.15) is 36.8 Å². The molecule has 0 radical (unpaired) electrons. The van der Waals surface area contributed by atoms with Crippen LogP contribution in [0.4, 0.5) is 0 Å². The van der Waals surface area contributed by atoms with E-state index in [0.29, 0.717) is 30.8 Å². The minimum atomic E-state index is -3.72. The largest absolute Gasteiger partial charge is 0.339 e. The van der Waals surface area contributed by atoms with Gasteiger partial charge in [-0.3, -0.25) is 4.79 Å². The Labute approximate surface area is 150 Å². The van der Waals surface area contributed by atoms with Crippen molar-refractivity contribution in [3.05, 3.63) is 29.3 Å². The number of piperazine rings is 1. The van der Waals surface area contributed by atoms with Gasteiger partial charge in [-0.2, -0.15) is 0 Å². The first kappa shape index (κ1) is 18.4. The van der Waals surface area contributed by atoms with Crippen molar-refractivity contribution in [2.75, 3.05) is 33.2 Å². The van der Waals surface area contributed by atoms with Crippen molar-refractivity contribution < 1.29 is 13.2 Å². The van der Waals surface area contributed by atoms with Gasteiger partial charge in [-0.05, 0) is 50.9 Å². The number of likely N-dealkylation sites (N-methyl/N-ethyl adjacent to an activating group) is 1. The lowest BCUT2D eigenvalue weighted by Gasteiger charge is -2.38. The molecule has 6 heteroatoms. The molecule has 1 aliphatic carbocycles. The van der Waals surface area contributed by atoms with E-state index in [4.69, 9.17) is 0 Å². The Morgan fingerprint density at radius 3 is 2.24 bits per heavy atom. The average Bonchev–Trinajstić information content (AvgIpc) is 3.08. The molecular formula is C19H28N2O3S. The van der Waals surface area contributed by atoms with Gasteiger partial charge in [0, 0.05) is 26.2 Å². The van der Waals surface area contributed by atoms with E-state index in [-0.39, 0.29) is 5.91 Å². The molecule has 0 N–H and O–H groups in total. The number of carbonyl (C=O) groups excluding carboxylic acids is 1. The summed E-state index contributed by atoms with van der Waals surface area (Å²) < 4.78 is 26.0. The quantitative estimate of drug-likeness (QED) is 0.825. The molecular weight excluding hydrogens is 336 g/mol. The summed E-state index contributed by atoms with van der Waals surface area (Å²) in [5, 5.41) is 0. The summed E-state index contributed by atoms with van der Waals surface area (Å²) >= 11 is 0. The number of sulfone groups is 1. The summed E-state index contributed by atoms with van der Waals surface area (Å²) in [6.45, 7) is 6.52. The summed E-state index contributed by atoms with van der Waals surface area (Å²) in [5.74, 6) is -0.181. The lowest BCUT2D eigenvalue weighted by atomic mass is 10.0. The number of carbonyl (C=O) groups is 1. The SMILES string of the molecule is Cc1ccc(C)c(S(=O)(=O)C2(C(=O)N3CCN(C)CC3)CCCC2)c1. The van der Waals surface area contributed by atoms with Gasteiger partial charge in [0.2, 0.25) is 5.91 Å². The fourth-order valence-electron chi connectivity index (χ4n) is 4.05. The minimum Gasteiger partial charge on any atom is -0.339 e. The molecule has 138 valence electrons.